The van der Waals surface area contributed by atoms with Crippen molar-refractivity contribution < 1.29 is 4.79 Å². The number of hydrogen-bond acceptors (Lipinski definition) is 3. The summed E-state index contributed by atoms with van der Waals surface area (Å²) in [5.74, 6) is 0.621. The van der Waals surface area contributed by atoms with Crippen molar-refractivity contribution in [2.24, 2.45) is 11.7 Å². The monoisotopic (exact) mass is 233 g/mol. The number of aromatic nitrogens is 1. The van der Waals surface area contributed by atoms with E-state index in [0.717, 1.165) is 32.2 Å². The van der Waals surface area contributed by atoms with Crippen LogP contribution in [0.4, 0.5) is 0 Å². The molecule has 92 valence electrons. The van der Waals surface area contributed by atoms with Gasteiger partial charge in [0, 0.05) is 18.4 Å². The van der Waals surface area contributed by atoms with Crippen LogP contribution in [0.1, 0.15) is 36.0 Å². The molecule has 1 aromatic rings. The molecule has 4 nitrogen and oxygen atoms in total. The quantitative estimate of drug-likeness (QED) is 0.827. The van der Waals surface area contributed by atoms with E-state index in [0.29, 0.717) is 17.5 Å². The van der Waals surface area contributed by atoms with Crippen LogP contribution in [0.3, 0.4) is 0 Å². The van der Waals surface area contributed by atoms with Crippen LogP contribution >= 0.6 is 0 Å². The summed E-state index contributed by atoms with van der Waals surface area (Å²) in [4.78, 5) is 15.8. The predicted octanol–water partition coefficient (Wildman–Crippen LogP) is 1.33. The first-order valence-corrected chi connectivity index (χ1v) is 6.20. The Bertz CT molecular complexity index is 358. The second kappa shape index (κ2) is 5.77. The number of hydrogen-bond donors (Lipinski definition) is 2. The Balaban J connectivity index is 1.84. The number of rotatable bonds is 3. The van der Waals surface area contributed by atoms with E-state index in [1.165, 1.54) is 0 Å². The molecule has 1 heterocycles. The topological polar surface area (TPSA) is 68.0 Å². The van der Waals surface area contributed by atoms with Crippen LogP contribution in [0, 0.1) is 5.92 Å². The van der Waals surface area contributed by atoms with Crippen molar-refractivity contribution in [3.8, 4) is 0 Å². The van der Waals surface area contributed by atoms with Crippen molar-refractivity contribution in [3.63, 3.8) is 0 Å². The molecule has 0 saturated heterocycles. The lowest BCUT2D eigenvalue weighted by molar-refractivity contribution is 0.0922. The Morgan fingerprint density at radius 3 is 2.76 bits per heavy atom. The molecule has 0 atom stereocenters. The molecule has 17 heavy (non-hydrogen) atoms. The zero-order valence-corrected chi connectivity index (χ0v) is 9.93. The first kappa shape index (κ1) is 12.0. The fraction of sp³-hybridized carbons (Fsp3) is 0.538. The van der Waals surface area contributed by atoms with Gasteiger partial charge in [-0.15, -0.1) is 0 Å². The zero-order valence-electron chi connectivity index (χ0n) is 9.93. The number of pyridine rings is 1. The average molecular weight is 233 g/mol. The third-order valence-corrected chi connectivity index (χ3v) is 3.44. The molecule has 0 radical (unpaired) electrons. The van der Waals surface area contributed by atoms with Gasteiger partial charge in [-0.05, 0) is 50.3 Å². The maximum atomic E-state index is 11.9. The summed E-state index contributed by atoms with van der Waals surface area (Å²) >= 11 is 0. The number of nitrogens with zero attached hydrogens (tertiary/aromatic N) is 1. The maximum Gasteiger partial charge on any atom is 0.253 e. The van der Waals surface area contributed by atoms with Crippen LogP contribution < -0.4 is 11.1 Å². The van der Waals surface area contributed by atoms with Gasteiger partial charge in [-0.25, -0.2) is 0 Å². The van der Waals surface area contributed by atoms with E-state index < -0.39 is 0 Å². The van der Waals surface area contributed by atoms with E-state index in [4.69, 9.17) is 5.73 Å². The second-order valence-electron chi connectivity index (χ2n) is 4.67. The van der Waals surface area contributed by atoms with E-state index in [1.807, 2.05) is 0 Å². The number of nitrogens with one attached hydrogen (secondary N) is 1. The minimum Gasteiger partial charge on any atom is -0.349 e. The van der Waals surface area contributed by atoms with Crippen LogP contribution in [-0.2, 0) is 0 Å². The summed E-state index contributed by atoms with van der Waals surface area (Å²) in [6.07, 6.45) is 7.58. The standard InChI is InChI=1S/C13H19N3O/c14-8-10-3-5-12(6-4-10)16-13(17)11-2-1-7-15-9-11/h1-2,7,9-10,12H,3-6,8,14H2,(H,16,17). The Kier molecular flexibility index (Phi) is 4.09. The number of carbonyl (C=O) groups excluding carboxylic acids is 1. The Hall–Kier alpha value is -1.42. The van der Waals surface area contributed by atoms with E-state index in [-0.39, 0.29) is 5.91 Å². The van der Waals surface area contributed by atoms with Crippen molar-refractivity contribution in [2.75, 3.05) is 6.54 Å². The third kappa shape index (κ3) is 3.27. The summed E-state index contributed by atoms with van der Waals surface area (Å²) in [6, 6.07) is 3.86. The number of nitrogens with two attached hydrogens (primary N) is 1. The molecule has 0 aromatic carbocycles. The molecule has 0 bridgehead atoms. The lowest BCUT2D eigenvalue weighted by Gasteiger charge is -2.28. The molecule has 3 N–H and O–H groups in total. The van der Waals surface area contributed by atoms with Crippen LogP contribution in [0.5, 0.6) is 0 Å². The first-order chi connectivity index (χ1) is 8.29. The molecule has 1 aliphatic carbocycles. The molecule has 4 heteroatoms. The predicted molar refractivity (Wildman–Crippen MR) is 66.5 cm³/mol. The SMILES string of the molecule is NCC1CCC(NC(=O)c2cccnc2)CC1. The second-order valence-corrected chi connectivity index (χ2v) is 4.67. The highest BCUT2D eigenvalue weighted by atomic mass is 16.1. The molecule has 2 rings (SSSR count). The Labute approximate surface area is 102 Å². The molecule has 1 aromatic heterocycles. The molecule has 1 amide bonds. The summed E-state index contributed by atoms with van der Waals surface area (Å²) in [5, 5.41) is 3.06. The van der Waals surface area contributed by atoms with Gasteiger partial charge in [-0.1, -0.05) is 0 Å². The molecule has 0 aliphatic heterocycles. The van der Waals surface area contributed by atoms with Gasteiger partial charge in [-0.2, -0.15) is 0 Å². The van der Waals surface area contributed by atoms with Gasteiger partial charge >= 0.3 is 0 Å². The highest BCUT2D eigenvalue weighted by Gasteiger charge is 2.21. The van der Waals surface area contributed by atoms with Crippen molar-refractivity contribution in [3.05, 3.63) is 30.1 Å². The van der Waals surface area contributed by atoms with E-state index in [1.54, 1.807) is 24.5 Å². The Morgan fingerprint density at radius 1 is 1.41 bits per heavy atom. The summed E-state index contributed by atoms with van der Waals surface area (Å²) < 4.78 is 0. The molecule has 1 aliphatic rings. The number of amides is 1. The molecular formula is C13H19N3O. The average Bonchev–Trinajstić information content (AvgIpc) is 2.40. The third-order valence-electron chi connectivity index (χ3n) is 3.44. The van der Waals surface area contributed by atoms with Gasteiger partial charge in [-0.3, -0.25) is 9.78 Å². The fourth-order valence-corrected chi connectivity index (χ4v) is 2.31. The van der Waals surface area contributed by atoms with Gasteiger partial charge in [0.25, 0.3) is 5.91 Å². The van der Waals surface area contributed by atoms with E-state index in [2.05, 4.69) is 10.3 Å². The first-order valence-electron chi connectivity index (χ1n) is 6.20. The zero-order chi connectivity index (χ0) is 12.1. The van der Waals surface area contributed by atoms with Gasteiger partial charge in [0.05, 0.1) is 5.56 Å². The van der Waals surface area contributed by atoms with Crippen molar-refractivity contribution >= 4 is 5.91 Å². The minimum atomic E-state index is -0.0192. The Morgan fingerprint density at radius 2 is 2.18 bits per heavy atom. The smallest absolute Gasteiger partial charge is 0.253 e. The molecule has 1 fully saturated rings. The molecular weight excluding hydrogens is 214 g/mol. The molecule has 0 unspecified atom stereocenters. The van der Waals surface area contributed by atoms with E-state index >= 15 is 0 Å². The molecule has 1 saturated carbocycles. The normalized spacial score (nSPS) is 24.3. The maximum absolute atomic E-state index is 11.9. The van der Waals surface area contributed by atoms with Crippen molar-refractivity contribution in [1.82, 2.24) is 10.3 Å². The highest BCUT2D eigenvalue weighted by Crippen LogP contribution is 2.23. The van der Waals surface area contributed by atoms with Crippen molar-refractivity contribution in [2.45, 2.75) is 31.7 Å². The highest BCUT2D eigenvalue weighted by molar-refractivity contribution is 5.93. The molecule has 0 spiro atoms. The summed E-state index contributed by atoms with van der Waals surface area (Å²) in [7, 11) is 0. The summed E-state index contributed by atoms with van der Waals surface area (Å²) in [6.45, 7) is 0.767. The van der Waals surface area contributed by atoms with Crippen LogP contribution in [0.2, 0.25) is 0 Å². The number of carbonyl (C=O) groups is 1. The summed E-state index contributed by atoms with van der Waals surface area (Å²) in [5.41, 5.74) is 6.28. The van der Waals surface area contributed by atoms with Gasteiger partial charge in [0.1, 0.15) is 0 Å². The van der Waals surface area contributed by atoms with Gasteiger partial charge in [0.15, 0.2) is 0 Å². The van der Waals surface area contributed by atoms with Crippen LogP contribution in [-0.4, -0.2) is 23.5 Å². The van der Waals surface area contributed by atoms with Gasteiger partial charge in [0.2, 0.25) is 0 Å². The lowest BCUT2D eigenvalue weighted by atomic mass is 9.86. The van der Waals surface area contributed by atoms with E-state index in [9.17, 15) is 4.79 Å². The minimum absolute atomic E-state index is 0.0192. The largest absolute Gasteiger partial charge is 0.349 e. The van der Waals surface area contributed by atoms with Crippen LogP contribution in [0.25, 0.3) is 0 Å². The van der Waals surface area contributed by atoms with Crippen LogP contribution in [0.15, 0.2) is 24.5 Å². The van der Waals surface area contributed by atoms with Gasteiger partial charge < -0.3 is 11.1 Å². The lowest BCUT2D eigenvalue weighted by Crippen LogP contribution is -2.38. The van der Waals surface area contributed by atoms with Crippen molar-refractivity contribution in [1.29, 1.82) is 0 Å². The fourth-order valence-electron chi connectivity index (χ4n) is 2.31.